The summed E-state index contributed by atoms with van der Waals surface area (Å²) in [6.45, 7) is 6.47. The van der Waals surface area contributed by atoms with Crippen LogP contribution in [0.2, 0.25) is 0 Å². The Balaban J connectivity index is 3.96. The van der Waals surface area contributed by atoms with Crippen LogP contribution in [0.25, 0.3) is 0 Å². The van der Waals surface area contributed by atoms with Crippen molar-refractivity contribution in [2.45, 2.75) is 309 Å². The molecule has 0 spiro atoms. The van der Waals surface area contributed by atoms with Crippen LogP contribution in [-0.2, 0) is 28.6 Å². The number of carbonyl (C=O) groups is 3. The molecule has 0 radical (unpaired) electrons. The highest BCUT2D eigenvalue weighted by molar-refractivity contribution is 5.71. The van der Waals surface area contributed by atoms with Gasteiger partial charge >= 0.3 is 17.9 Å². The minimum absolute atomic E-state index is 0.0748. The standard InChI is InChI=1S/C65H114O6/c1-4-7-10-13-16-18-20-22-24-25-26-27-28-29-30-31-32-33-34-35-36-37-38-39-40-41-42-44-45-47-49-52-55-58-64(67)70-61-62(60-69-63(66)57-54-51-15-12-9-6-3)71-65(68)59-56-53-50-48-46-43-23-21-19-17-14-11-8-5-2/h7,10,16,18,21-24,26-27,29-30,62H,4-6,8-9,11-15,17,19-20,25,28,31-61H2,1-3H3/b10-7-,18-16-,23-21-,24-22-,27-26-,30-29-. The molecule has 0 aliphatic carbocycles. The average Bonchev–Trinajstić information content (AvgIpc) is 3.37. The molecule has 0 aromatic rings. The molecule has 0 fully saturated rings. The van der Waals surface area contributed by atoms with Crippen molar-refractivity contribution in [1.82, 2.24) is 0 Å². The van der Waals surface area contributed by atoms with Crippen LogP contribution in [0.3, 0.4) is 0 Å². The van der Waals surface area contributed by atoms with E-state index in [4.69, 9.17) is 14.2 Å². The molecule has 0 aromatic heterocycles. The Morgan fingerprint density at radius 1 is 0.296 bits per heavy atom. The highest BCUT2D eigenvalue weighted by Crippen LogP contribution is 2.16. The third-order valence-corrected chi connectivity index (χ3v) is 13.2. The minimum Gasteiger partial charge on any atom is -0.462 e. The first-order valence-corrected chi connectivity index (χ1v) is 30.4. The molecule has 410 valence electrons. The predicted molar refractivity (Wildman–Crippen MR) is 307 cm³/mol. The van der Waals surface area contributed by atoms with Crippen LogP contribution in [0, 0.1) is 0 Å². The summed E-state index contributed by atoms with van der Waals surface area (Å²) < 4.78 is 16.8. The molecular formula is C65H114O6. The molecule has 0 amide bonds. The number of unbranched alkanes of at least 4 members (excludes halogenated alkanes) is 32. The molecule has 0 rings (SSSR count). The second-order valence-electron chi connectivity index (χ2n) is 20.2. The lowest BCUT2D eigenvalue weighted by Gasteiger charge is -2.18. The maximum Gasteiger partial charge on any atom is 0.306 e. The van der Waals surface area contributed by atoms with Crippen LogP contribution in [0.4, 0.5) is 0 Å². The van der Waals surface area contributed by atoms with Gasteiger partial charge in [-0.1, -0.05) is 267 Å². The van der Waals surface area contributed by atoms with E-state index < -0.39 is 6.10 Å². The van der Waals surface area contributed by atoms with E-state index in [2.05, 4.69) is 93.7 Å². The third-order valence-electron chi connectivity index (χ3n) is 13.2. The van der Waals surface area contributed by atoms with Crippen molar-refractivity contribution < 1.29 is 28.6 Å². The van der Waals surface area contributed by atoms with Gasteiger partial charge < -0.3 is 14.2 Å². The monoisotopic (exact) mass is 991 g/mol. The molecule has 0 saturated heterocycles. The van der Waals surface area contributed by atoms with E-state index in [9.17, 15) is 14.4 Å². The molecule has 0 bridgehead atoms. The summed E-state index contributed by atoms with van der Waals surface area (Å²) in [5.41, 5.74) is 0. The lowest BCUT2D eigenvalue weighted by atomic mass is 10.0. The highest BCUT2D eigenvalue weighted by atomic mass is 16.6. The van der Waals surface area contributed by atoms with E-state index in [1.54, 1.807) is 0 Å². The Labute approximate surface area is 440 Å². The maximum absolute atomic E-state index is 12.8. The zero-order valence-electron chi connectivity index (χ0n) is 47.0. The minimum atomic E-state index is -0.773. The molecule has 0 N–H and O–H groups in total. The van der Waals surface area contributed by atoms with Crippen molar-refractivity contribution in [3.05, 3.63) is 72.9 Å². The normalized spacial score (nSPS) is 12.5. The van der Waals surface area contributed by atoms with E-state index in [1.807, 2.05) is 0 Å². The number of hydrogen-bond donors (Lipinski definition) is 0. The molecule has 0 aliphatic heterocycles. The van der Waals surface area contributed by atoms with E-state index in [-0.39, 0.29) is 31.1 Å². The van der Waals surface area contributed by atoms with Gasteiger partial charge in [-0.15, -0.1) is 0 Å². The lowest BCUT2D eigenvalue weighted by molar-refractivity contribution is -0.167. The van der Waals surface area contributed by atoms with E-state index in [0.29, 0.717) is 19.3 Å². The van der Waals surface area contributed by atoms with Gasteiger partial charge in [-0.05, 0) is 89.9 Å². The molecule has 0 aliphatic rings. The van der Waals surface area contributed by atoms with Gasteiger partial charge in [0.1, 0.15) is 13.2 Å². The number of esters is 3. The van der Waals surface area contributed by atoms with E-state index in [1.165, 1.54) is 167 Å². The van der Waals surface area contributed by atoms with Crippen molar-refractivity contribution in [3.63, 3.8) is 0 Å². The smallest absolute Gasteiger partial charge is 0.306 e. The maximum atomic E-state index is 12.8. The predicted octanol–water partition coefficient (Wildman–Crippen LogP) is 20.5. The molecule has 1 atom stereocenters. The van der Waals surface area contributed by atoms with Crippen LogP contribution >= 0.6 is 0 Å². The molecule has 6 nitrogen and oxygen atoms in total. The van der Waals surface area contributed by atoms with E-state index in [0.717, 1.165) is 96.3 Å². The first-order chi connectivity index (χ1) is 35.0. The van der Waals surface area contributed by atoms with Crippen molar-refractivity contribution in [2.75, 3.05) is 13.2 Å². The summed E-state index contributed by atoms with van der Waals surface area (Å²) >= 11 is 0. The van der Waals surface area contributed by atoms with Crippen molar-refractivity contribution >= 4 is 17.9 Å². The van der Waals surface area contributed by atoms with Gasteiger partial charge in [0.2, 0.25) is 0 Å². The second-order valence-corrected chi connectivity index (χ2v) is 20.2. The number of allylic oxidation sites excluding steroid dienone is 12. The van der Waals surface area contributed by atoms with Gasteiger partial charge in [0, 0.05) is 19.3 Å². The number of carbonyl (C=O) groups excluding carboxylic acids is 3. The lowest BCUT2D eigenvalue weighted by Crippen LogP contribution is -2.30. The number of rotatable bonds is 55. The van der Waals surface area contributed by atoms with Crippen molar-refractivity contribution in [1.29, 1.82) is 0 Å². The van der Waals surface area contributed by atoms with Crippen LogP contribution in [0.15, 0.2) is 72.9 Å². The molecule has 0 saturated carbocycles. The first-order valence-electron chi connectivity index (χ1n) is 30.4. The molecule has 71 heavy (non-hydrogen) atoms. The van der Waals surface area contributed by atoms with Gasteiger partial charge in [0.15, 0.2) is 6.10 Å². The number of ether oxygens (including phenoxy) is 3. The topological polar surface area (TPSA) is 78.9 Å². The average molecular weight is 992 g/mol. The van der Waals surface area contributed by atoms with Crippen molar-refractivity contribution in [2.24, 2.45) is 0 Å². The van der Waals surface area contributed by atoms with Gasteiger partial charge in [0.25, 0.3) is 0 Å². The fourth-order valence-electron chi connectivity index (χ4n) is 8.64. The second kappa shape index (κ2) is 59.4. The third kappa shape index (κ3) is 57.6. The SMILES string of the molecule is CC/C=C\C/C=C\C/C=C\C/C=C\C/C=C\CCCCCCCCCCCCCCCCCCCC(=O)OCC(COC(=O)CCCCCCCC)OC(=O)CCCCCCC/C=C\CCCCCCC. The zero-order valence-corrected chi connectivity index (χ0v) is 47.0. The first kappa shape index (κ1) is 67.8. The Hall–Kier alpha value is -3.15. The Morgan fingerprint density at radius 2 is 0.549 bits per heavy atom. The van der Waals surface area contributed by atoms with Crippen molar-refractivity contribution in [3.8, 4) is 0 Å². The van der Waals surface area contributed by atoms with Crippen LogP contribution in [0.5, 0.6) is 0 Å². The summed E-state index contributed by atoms with van der Waals surface area (Å²) in [4.78, 5) is 37.9. The fourth-order valence-corrected chi connectivity index (χ4v) is 8.64. The summed E-state index contributed by atoms with van der Waals surface area (Å²) in [7, 11) is 0. The summed E-state index contributed by atoms with van der Waals surface area (Å²) in [5, 5.41) is 0. The molecule has 0 aromatic carbocycles. The zero-order chi connectivity index (χ0) is 51.4. The molecule has 6 heteroatoms. The quantitative estimate of drug-likeness (QED) is 0.0261. The number of hydrogen-bond acceptors (Lipinski definition) is 6. The fraction of sp³-hybridized carbons (Fsp3) is 0.769. The molecule has 1 unspecified atom stereocenters. The highest BCUT2D eigenvalue weighted by Gasteiger charge is 2.19. The van der Waals surface area contributed by atoms with Crippen LogP contribution < -0.4 is 0 Å². The van der Waals surface area contributed by atoms with Crippen LogP contribution in [0.1, 0.15) is 303 Å². The Bertz CT molecular complexity index is 1320. The summed E-state index contributed by atoms with van der Waals surface area (Å²) in [6.07, 6.45) is 76.6. The van der Waals surface area contributed by atoms with Gasteiger partial charge in [0.05, 0.1) is 0 Å². The van der Waals surface area contributed by atoms with Crippen LogP contribution in [-0.4, -0.2) is 37.2 Å². The molecular weight excluding hydrogens is 877 g/mol. The van der Waals surface area contributed by atoms with Gasteiger partial charge in [-0.25, -0.2) is 0 Å². The summed E-state index contributed by atoms with van der Waals surface area (Å²) in [5.74, 6) is -0.883. The largest absolute Gasteiger partial charge is 0.462 e. The Morgan fingerprint density at radius 3 is 0.873 bits per heavy atom. The van der Waals surface area contributed by atoms with Gasteiger partial charge in [-0.2, -0.15) is 0 Å². The summed E-state index contributed by atoms with van der Waals surface area (Å²) in [6, 6.07) is 0. The Kier molecular flexibility index (Phi) is 56.8. The van der Waals surface area contributed by atoms with E-state index >= 15 is 0 Å². The van der Waals surface area contributed by atoms with Gasteiger partial charge in [-0.3, -0.25) is 14.4 Å². The molecule has 0 heterocycles.